The van der Waals surface area contributed by atoms with Gasteiger partial charge in [-0.15, -0.1) is 0 Å². The lowest BCUT2D eigenvalue weighted by Crippen LogP contribution is -2.57. The molecule has 4 nitrogen and oxygen atoms in total. The molecule has 0 aromatic heterocycles. The third-order valence-electron chi connectivity index (χ3n) is 5.19. The van der Waals surface area contributed by atoms with Crippen LogP contribution in [0.2, 0.25) is 0 Å². The summed E-state index contributed by atoms with van der Waals surface area (Å²) in [4.78, 5) is 14.9. The van der Waals surface area contributed by atoms with Gasteiger partial charge < -0.3 is 16.0 Å². The summed E-state index contributed by atoms with van der Waals surface area (Å²) in [6.45, 7) is 8.70. The van der Waals surface area contributed by atoms with Gasteiger partial charge in [-0.25, -0.2) is 0 Å². The summed E-state index contributed by atoms with van der Waals surface area (Å²) in [6, 6.07) is 0. The molecule has 1 heterocycles. The predicted molar refractivity (Wildman–Crippen MR) is 82.4 cm³/mol. The van der Waals surface area contributed by atoms with Crippen molar-refractivity contribution >= 4 is 5.91 Å². The number of rotatable bonds is 4. The van der Waals surface area contributed by atoms with Gasteiger partial charge in [-0.1, -0.05) is 26.7 Å². The molecule has 2 aliphatic rings. The average Bonchev–Trinajstić information content (AvgIpc) is 2.45. The van der Waals surface area contributed by atoms with Crippen molar-refractivity contribution in [2.45, 2.75) is 57.9 Å². The summed E-state index contributed by atoms with van der Waals surface area (Å²) >= 11 is 0. The van der Waals surface area contributed by atoms with Gasteiger partial charge in [-0.05, 0) is 57.2 Å². The summed E-state index contributed by atoms with van der Waals surface area (Å²) in [7, 11) is 0. The molecule has 3 N–H and O–H groups in total. The monoisotopic (exact) mass is 281 g/mol. The number of nitrogens with two attached hydrogens (primary N) is 1. The molecule has 2 atom stereocenters. The van der Waals surface area contributed by atoms with Crippen LogP contribution in [-0.2, 0) is 4.79 Å². The molecule has 0 spiro atoms. The van der Waals surface area contributed by atoms with Crippen molar-refractivity contribution in [3.63, 3.8) is 0 Å². The van der Waals surface area contributed by atoms with E-state index in [1.807, 2.05) is 0 Å². The van der Waals surface area contributed by atoms with Gasteiger partial charge in [0, 0.05) is 6.54 Å². The van der Waals surface area contributed by atoms with Crippen molar-refractivity contribution in [2.75, 3.05) is 26.2 Å². The normalized spacial score (nSPS) is 33.0. The second-order valence-corrected chi connectivity index (χ2v) is 6.95. The van der Waals surface area contributed by atoms with E-state index in [0.717, 1.165) is 32.4 Å². The Hall–Kier alpha value is -0.610. The molecule has 0 aromatic carbocycles. The summed E-state index contributed by atoms with van der Waals surface area (Å²) in [5.41, 5.74) is 5.72. The lowest BCUT2D eigenvalue weighted by atomic mass is 9.76. The highest BCUT2D eigenvalue weighted by Gasteiger charge is 2.38. The van der Waals surface area contributed by atoms with E-state index in [1.165, 1.54) is 32.4 Å². The van der Waals surface area contributed by atoms with E-state index >= 15 is 0 Å². The van der Waals surface area contributed by atoms with Crippen LogP contribution in [0.25, 0.3) is 0 Å². The fraction of sp³-hybridized carbons (Fsp3) is 0.938. The van der Waals surface area contributed by atoms with Gasteiger partial charge in [0.2, 0.25) is 5.91 Å². The first-order chi connectivity index (χ1) is 9.53. The molecule has 4 heteroatoms. The second kappa shape index (κ2) is 6.90. The van der Waals surface area contributed by atoms with Crippen LogP contribution in [0.3, 0.4) is 0 Å². The average molecular weight is 281 g/mol. The Morgan fingerprint density at radius 2 is 2.05 bits per heavy atom. The molecule has 1 saturated carbocycles. The molecule has 1 saturated heterocycles. The van der Waals surface area contributed by atoms with E-state index in [9.17, 15) is 4.79 Å². The zero-order valence-corrected chi connectivity index (χ0v) is 13.2. The number of hydrogen-bond acceptors (Lipinski definition) is 3. The topological polar surface area (TPSA) is 58.4 Å². The standard InChI is InChI=1S/C16H31N3O/c1-3-19-9-6-14(7-10-19)12-18-15(20)16(17)8-4-5-13(2)11-16/h13-14H,3-12,17H2,1-2H3,(H,18,20). The molecule has 2 rings (SSSR count). The molecular formula is C16H31N3O. The lowest BCUT2D eigenvalue weighted by molar-refractivity contribution is -0.128. The van der Waals surface area contributed by atoms with Gasteiger partial charge in [0.25, 0.3) is 0 Å². The molecular weight excluding hydrogens is 250 g/mol. The number of nitrogens with zero attached hydrogens (tertiary/aromatic N) is 1. The van der Waals surface area contributed by atoms with E-state index in [-0.39, 0.29) is 5.91 Å². The minimum atomic E-state index is -0.609. The molecule has 0 radical (unpaired) electrons. The maximum atomic E-state index is 12.4. The van der Waals surface area contributed by atoms with Crippen LogP contribution in [-0.4, -0.2) is 42.5 Å². The maximum absolute atomic E-state index is 12.4. The first-order valence-corrected chi connectivity index (χ1v) is 8.33. The van der Waals surface area contributed by atoms with Crippen LogP contribution in [0.4, 0.5) is 0 Å². The van der Waals surface area contributed by atoms with Crippen LogP contribution in [0.15, 0.2) is 0 Å². The van der Waals surface area contributed by atoms with Gasteiger partial charge in [0.1, 0.15) is 0 Å². The van der Waals surface area contributed by atoms with Crippen molar-refractivity contribution in [1.82, 2.24) is 10.2 Å². The predicted octanol–water partition coefficient (Wildman–Crippen LogP) is 1.74. The third-order valence-corrected chi connectivity index (χ3v) is 5.19. The Bertz CT molecular complexity index is 326. The highest BCUT2D eigenvalue weighted by atomic mass is 16.2. The zero-order valence-electron chi connectivity index (χ0n) is 13.2. The van der Waals surface area contributed by atoms with Crippen LogP contribution in [0, 0.1) is 11.8 Å². The maximum Gasteiger partial charge on any atom is 0.240 e. The van der Waals surface area contributed by atoms with Gasteiger partial charge in [0.05, 0.1) is 5.54 Å². The van der Waals surface area contributed by atoms with E-state index in [0.29, 0.717) is 11.8 Å². The molecule has 2 unspecified atom stereocenters. The van der Waals surface area contributed by atoms with E-state index in [4.69, 9.17) is 5.73 Å². The Labute approximate surface area is 123 Å². The van der Waals surface area contributed by atoms with Gasteiger partial charge >= 0.3 is 0 Å². The zero-order chi connectivity index (χ0) is 14.6. The Morgan fingerprint density at radius 3 is 2.65 bits per heavy atom. The fourth-order valence-electron chi connectivity index (χ4n) is 3.72. The van der Waals surface area contributed by atoms with E-state index < -0.39 is 5.54 Å². The summed E-state index contributed by atoms with van der Waals surface area (Å²) in [6.07, 6.45) is 6.37. The number of likely N-dealkylation sites (tertiary alicyclic amines) is 1. The number of carbonyl (C=O) groups is 1. The first-order valence-electron chi connectivity index (χ1n) is 8.33. The van der Waals surface area contributed by atoms with E-state index in [2.05, 4.69) is 24.1 Å². The van der Waals surface area contributed by atoms with Gasteiger partial charge in [-0.3, -0.25) is 4.79 Å². The molecule has 1 aliphatic heterocycles. The molecule has 116 valence electrons. The van der Waals surface area contributed by atoms with Crippen LogP contribution in [0.1, 0.15) is 52.4 Å². The Balaban J connectivity index is 1.75. The Morgan fingerprint density at radius 1 is 1.35 bits per heavy atom. The molecule has 0 aromatic rings. The molecule has 2 fully saturated rings. The van der Waals surface area contributed by atoms with Crippen molar-refractivity contribution in [3.8, 4) is 0 Å². The van der Waals surface area contributed by atoms with Crippen molar-refractivity contribution in [1.29, 1.82) is 0 Å². The van der Waals surface area contributed by atoms with Gasteiger partial charge in [0.15, 0.2) is 0 Å². The molecule has 0 bridgehead atoms. The molecule has 1 amide bonds. The second-order valence-electron chi connectivity index (χ2n) is 6.95. The summed E-state index contributed by atoms with van der Waals surface area (Å²) in [5, 5.41) is 3.13. The molecule has 1 aliphatic carbocycles. The highest BCUT2D eigenvalue weighted by Crippen LogP contribution is 2.30. The number of carbonyl (C=O) groups excluding carboxylic acids is 1. The minimum Gasteiger partial charge on any atom is -0.354 e. The summed E-state index contributed by atoms with van der Waals surface area (Å²) in [5.74, 6) is 1.29. The van der Waals surface area contributed by atoms with Crippen LogP contribution in [0.5, 0.6) is 0 Å². The van der Waals surface area contributed by atoms with E-state index in [1.54, 1.807) is 0 Å². The minimum absolute atomic E-state index is 0.0852. The number of hydrogen-bond donors (Lipinski definition) is 2. The van der Waals surface area contributed by atoms with Crippen LogP contribution >= 0.6 is 0 Å². The first kappa shape index (κ1) is 15.8. The molecule has 20 heavy (non-hydrogen) atoms. The largest absolute Gasteiger partial charge is 0.354 e. The quantitative estimate of drug-likeness (QED) is 0.825. The van der Waals surface area contributed by atoms with Crippen molar-refractivity contribution in [2.24, 2.45) is 17.6 Å². The van der Waals surface area contributed by atoms with Gasteiger partial charge in [-0.2, -0.15) is 0 Å². The third kappa shape index (κ3) is 3.95. The number of amides is 1. The van der Waals surface area contributed by atoms with Crippen molar-refractivity contribution < 1.29 is 4.79 Å². The van der Waals surface area contributed by atoms with Crippen molar-refractivity contribution in [3.05, 3.63) is 0 Å². The number of piperidine rings is 1. The summed E-state index contributed by atoms with van der Waals surface area (Å²) < 4.78 is 0. The SMILES string of the molecule is CCN1CCC(CNC(=O)C2(N)CCCC(C)C2)CC1. The lowest BCUT2D eigenvalue weighted by Gasteiger charge is -2.36. The fourth-order valence-corrected chi connectivity index (χ4v) is 3.72. The smallest absolute Gasteiger partial charge is 0.240 e. The number of nitrogens with one attached hydrogen (secondary N) is 1. The van der Waals surface area contributed by atoms with Crippen LogP contribution < -0.4 is 11.1 Å². The Kier molecular flexibility index (Phi) is 5.44. The highest BCUT2D eigenvalue weighted by molar-refractivity contribution is 5.86.